The lowest BCUT2D eigenvalue weighted by Crippen LogP contribution is -2.50. The first-order valence-corrected chi connectivity index (χ1v) is 11.6. The molecule has 1 aromatic carbocycles. The lowest BCUT2D eigenvalue weighted by molar-refractivity contribution is -0.141. The van der Waals surface area contributed by atoms with Gasteiger partial charge >= 0.3 is 0 Å². The Kier molecular flexibility index (Phi) is 6.73. The average molecular weight is 413 g/mol. The molecule has 0 aromatic heterocycles. The number of piperidine rings is 1. The van der Waals surface area contributed by atoms with Crippen LogP contribution in [0.25, 0.3) is 0 Å². The minimum atomic E-state index is -3.63. The van der Waals surface area contributed by atoms with E-state index < -0.39 is 21.9 Å². The van der Waals surface area contributed by atoms with E-state index in [1.165, 1.54) is 22.5 Å². The normalized spacial score (nSPS) is 24.8. The number of nitrogens with zero attached hydrogens (tertiary/aromatic N) is 2. The maximum Gasteiger partial charge on any atom is 0.225 e. The summed E-state index contributed by atoms with van der Waals surface area (Å²) in [5, 5.41) is 10.2. The maximum absolute atomic E-state index is 13.8. The zero-order valence-corrected chi connectivity index (χ0v) is 17.1. The molecule has 28 heavy (non-hydrogen) atoms. The molecular weight excluding hydrogens is 383 g/mol. The Morgan fingerprint density at radius 1 is 1.18 bits per heavy atom. The third-order valence-corrected chi connectivity index (χ3v) is 7.86. The number of hydrogen-bond acceptors (Lipinski definition) is 4. The van der Waals surface area contributed by atoms with Crippen molar-refractivity contribution in [1.82, 2.24) is 9.21 Å². The van der Waals surface area contributed by atoms with Crippen LogP contribution in [-0.4, -0.2) is 60.9 Å². The van der Waals surface area contributed by atoms with Crippen molar-refractivity contribution < 1.29 is 22.7 Å². The van der Waals surface area contributed by atoms with Gasteiger partial charge in [0, 0.05) is 31.6 Å². The van der Waals surface area contributed by atoms with Gasteiger partial charge in [0.1, 0.15) is 5.82 Å². The van der Waals surface area contributed by atoms with Crippen LogP contribution in [-0.2, 0) is 20.6 Å². The number of aliphatic hydroxyl groups excluding tert-OH is 1. The van der Waals surface area contributed by atoms with Gasteiger partial charge in [0.2, 0.25) is 15.9 Å². The number of amides is 1. The topological polar surface area (TPSA) is 77.9 Å². The van der Waals surface area contributed by atoms with Crippen LogP contribution in [0.15, 0.2) is 24.3 Å². The Labute approximate surface area is 166 Å². The van der Waals surface area contributed by atoms with E-state index in [4.69, 9.17) is 0 Å². The SMILES string of the molecule is CN(C(=O)C1CCN(S(=O)(=O)Cc2ccccc2F)CC1)[C@@H]1CCCC[C@H]1O. The first-order valence-electron chi connectivity index (χ1n) is 9.95. The van der Waals surface area contributed by atoms with Crippen LogP contribution in [0, 0.1) is 11.7 Å². The van der Waals surface area contributed by atoms with E-state index in [-0.39, 0.29) is 42.3 Å². The van der Waals surface area contributed by atoms with Gasteiger partial charge < -0.3 is 10.0 Å². The number of carbonyl (C=O) groups excluding carboxylic acids is 1. The van der Waals surface area contributed by atoms with E-state index in [1.54, 1.807) is 18.0 Å². The Balaban J connectivity index is 1.57. The third kappa shape index (κ3) is 4.72. The highest BCUT2D eigenvalue weighted by molar-refractivity contribution is 7.88. The number of benzene rings is 1. The van der Waals surface area contributed by atoms with Gasteiger partial charge in [-0.15, -0.1) is 0 Å². The molecule has 0 spiro atoms. The molecular formula is C20H29FN2O4S. The van der Waals surface area contributed by atoms with Crippen molar-refractivity contribution in [2.24, 2.45) is 5.92 Å². The summed E-state index contributed by atoms with van der Waals surface area (Å²) in [5.41, 5.74) is 0.159. The number of aliphatic hydroxyl groups is 1. The standard InChI is InChI=1S/C20H29FN2O4S/c1-22(18-8-4-5-9-19(18)24)20(25)15-10-12-23(13-11-15)28(26,27)14-16-6-2-3-7-17(16)21/h2-3,6-7,15,18-19,24H,4-5,8-14H2,1H3/t18-,19-/m1/s1. The molecule has 1 aromatic rings. The molecule has 1 heterocycles. The van der Waals surface area contributed by atoms with Gasteiger partial charge in [0.25, 0.3) is 0 Å². The van der Waals surface area contributed by atoms with Crippen LogP contribution in [0.1, 0.15) is 44.1 Å². The Hall–Kier alpha value is -1.51. The highest BCUT2D eigenvalue weighted by Gasteiger charge is 2.36. The fourth-order valence-corrected chi connectivity index (χ4v) is 5.86. The Bertz CT molecular complexity index is 793. The third-order valence-electron chi connectivity index (χ3n) is 6.03. The van der Waals surface area contributed by atoms with Crippen molar-refractivity contribution >= 4 is 15.9 Å². The Morgan fingerprint density at radius 2 is 1.82 bits per heavy atom. The average Bonchev–Trinajstić information content (AvgIpc) is 2.69. The predicted molar refractivity (Wildman–Crippen MR) is 104 cm³/mol. The van der Waals surface area contributed by atoms with E-state index in [0.717, 1.165) is 25.7 Å². The number of carbonyl (C=O) groups is 1. The largest absolute Gasteiger partial charge is 0.391 e. The van der Waals surface area contributed by atoms with Gasteiger partial charge in [-0.1, -0.05) is 31.0 Å². The molecule has 0 unspecified atom stereocenters. The molecule has 0 bridgehead atoms. The van der Waals surface area contributed by atoms with Crippen LogP contribution in [0.4, 0.5) is 4.39 Å². The summed E-state index contributed by atoms with van der Waals surface area (Å²) < 4.78 is 40.4. The lowest BCUT2D eigenvalue weighted by Gasteiger charge is -2.38. The van der Waals surface area contributed by atoms with Gasteiger partial charge in [-0.2, -0.15) is 0 Å². The molecule has 0 radical (unpaired) electrons. The minimum Gasteiger partial charge on any atom is -0.391 e. The number of rotatable bonds is 5. The van der Waals surface area contributed by atoms with Crippen molar-refractivity contribution in [3.63, 3.8) is 0 Å². The van der Waals surface area contributed by atoms with Crippen molar-refractivity contribution in [3.8, 4) is 0 Å². The van der Waals surface area contributed by atoms with Gasteiger partial charge in [-0.05, 0) is 31.7 Å². The van der Waals surface area contributed by atoms with Crippen LogP contribution in [0.5, 0.6) is 0 Å². The quantitative estimate of drug-likeness (QED) is 0.804. The molecule has 1 aliphatic carbocycles. The highest BCUT2D eigenvalue weighted by atomic mass is 32.2. The van der Waals surface area contributed by atoms with E-state index in [9.17, 15) is 22.7 Å². The molecule has 1 saturated carbocycles. The first-order chi connectivity index (χ1) is 13.3. The second-order valence-corrected chi connectivity index (χ2v) is 9.86. The van der Waals surface area contributed by atoms with Gasteiger partial charge in [-0.3, -0.25) is 4.79 Å². The summed E-state index contributed by atoms with van der Waals surface area (Å²) in [6.07, 6.45) is 3.92. The summed E-state index contributed by atoms with van der Waals surface area (Å²) in [5.74, 6) is -1.15. The number of sulfonamides is 1. The highest BCUT2D eigenvalue weighted by Crippen LogP contribution is 2.27. The Morgan fingerprint density at radius 3 is 2.46 bits per heavy atom. The van der Waals surface area contributed by atoms with Crippen LogP contribution < -0.4 is 0 Å². The summed E-state index contributed by atoms with van der Waals surface area (Å²) in [4.78, 5) is 14.5. The molecule has 1 N–H and O–H groups in total. The number of likely N-dealkylation sites (N-methyl/N-ethyl adjacent to an activating group) is 1. The number of hydrogen-bond donors (Lipinski definition) is 1. The molecule has 1 amide bonds. The molecule has 3 rings (SSSR count). The van der Waals surface area contributed by atoms with Gasteiger partial charge in [0.15, 0.2) is 0 Å². The molecule has 2 aliphatic rings. The van der Waals surface area contributed by atoms with Crippen molar-refractivity contribution in [2.45, 2.75) is 56.4 Å². The minimum absolute atomic E-state index is 0.0166. The maximum atomic E-state index is 13.8. The first kappa shape index (κ1) is 21.2. The van der Waals surface area contributed by atoms with E-state index >= 15 is 0 Å². The molecule has 2 atom stereocenters. The van der Waals surface area contributed by atoms with Crippen LogP contribution in [0.2, 0.25) is 0 Å². The fourth-order valence-electron chi connectivity index (χ4n) is 4.28. The van der Waals surface area contributed by atoms with Crippen LogP contribution in [0.3, 0.4) is 0 Å². The summed E-state index contributed by atoms with van der Waals surface area (Å²) in [7, 11) is -1.89. The van der Waals surface area contributed by atoms with E-state index in [1.807, 2.05) is 0 Å². The van der Waals surface area contributed by atoms with Crippen LogP contribution >= 0.6 is 0 Å². The molecule has 6 nitrogen and oxygen atoms in total. The monoisotopic (exact) mass is 412 g/mol. The summed E-state index contributed by atoms with van der Waals surface area (Å²) in [6.45, 7) is 0.516. The number of halogens is 1. The van der Waals surface area contributed by atoms with Gasteiger partial charge in [0.05, 0.1) is 17.9 Å². The van der Waals surface area contributed by atoms with E-state index in [0.29, 0.717) is 12.8 Å². The second-order valence-electron chi connectivity index (χ2n) is 7.89. The molecule has 1 saturated heterocycles. The summed E-state index contributed by atoms with van der Waals surface area (Å²) >= 11 is 0. The fraction of sp³-hybridized carbons (Fsp3) is 0.650. The van der Waals surface area contributed by atoms with Crippen molar-refractivity contribution in [1.29, 1.82) is 0 Å². The molecule has 156 valence electrons. The molecule has 1 aliphatic heterocycles. The molecule has 2 fully saturated rings. The summed E-state index contributed by atoms with van der Waals surface area (Å²) in [6, 6.07) is 5.74. The zero-order valence-electron chi connectivity index (χ0n) is 16.3. The second kappa shape index (κ2) is 8.88. The zero-order chi connectivity index (χ0) is 20.3. The van der Waals surface area contributed by atoms with E-state index in [2.05, 4.69) is 0 Å². The van der Waals surface area contributed by atoms with Crippen molar-refractivity contribution in [2.75, 3.05) is 20.1 Å². The molecule has 8 heteroatoms. The predicted octanol–water partition coefficient (Wildman–Crippen LogP) is 2.13. The smallest absolute Gasteiger partial charge is 0.225 e. The lowest BCUT2D eigenvalue weighted by atomic mass is 9.89. The van der Waals surface area contributed by atoms with Gasteiger partial charge in [-0.25, -0.2) is 17.1 Å². The van der Waals surface area contributed by atoms with Crippen molar-refractivity contribution in [3.05, 3.63) is 35.6 Å².